The number of aliphatic hydroxyl groups excluding tert-OH is 1. The van der Waals surface area contributed by atoms with Crippen molar-refractivity contribution in [2.75, 3.05) is 6.54 Å². The predicted octanol–water partition coefficient (Wildman–Crippen LogP) is 3.25. The minimum atomic E-state index is -0.446. The van der Waals surface area contributed by atoms with Crippen molar-refractivity contribution in [2.45, 2.75) is 51.8 Å². The summed E-state index contributed by atoms with van der Waals surface area (Å²) in [6.45, 7) is 3.52. The van der Waals surface area contributed by atoms with Crippen molar-refractivity contribution in [3.05, 3.63) is 62.5 Å². The lowest BCUT2D eigenvalue weighted by atomic mass is 9.97. The molecule has 0 spiro atoms. The standard InChI is InChI=1S/C21H25N3O2S/c1-14(25)11-24(12-15-7-3-2-4-8-15)13-18-22-20(26)19-16-9-5-6-10-17(16)27-21(19)23-18/h2-4,7-8,14,25H,5-6,9-13H2,1H3,(H,22,23,26). The van der Waals surface area contributed by atoms with E-state index in [4.69, 9.17) is 4.98 Å². The van der Waals surface area contributed by atoms with E-state index in [1.165, 1.54) is 22.4 Å². The summed E-state index contributed by atoms with van der Waals surface area (Å²) in [7, 11) is 0. The molecule has 1 aliphatic rings. The lowest BCUT2D eigenvalue weighted by Gasteiger charge is -2.23. The zero-order valence-electron chi connectivity index (χ0n) is 15.6. The Morgan fingerprint density at radius 2 is 2.00 bits per heavy atom. The second-order valence-electron chi connectivity index (χ2n) is 7.41. The molecule has 0 saturated carbocycles. The molecule has 0 bridgehead atoms. The highest BCUT2D eigenvalue weighted by atomic mass is 32.1. The molecule has 1 aliphatic carbocycles. The smallest absolute Gasteiger partial charge is 0.259 e. The van der Waals surface area contributed by atoms with Crippen molar-refractivity contribution in [1.29, 1.82) is 0 Å². The highest BCUT2D eigenvalue weighted by Gasteiger charge is 2.20. The summed E-state index contributed by atoms with van der Waals surface area (Å²) in [6, 6.07) is 10.2. The molecule has 2 heterocycles. The topological polar surface area (TPSA) is 69.2 Å². The number of benzene rings is 1. The van der Waals surface area contributed by atoms with Crippen LogP contribution in [0.1, 0.15) is 41.6 Å². The highest BCUT2D eigenvalue weighted by molar-refractivity contribution is 7.18. The number of nitrogens with zero attached hydrogens (tertiary/aromatic N) is 2. The lowest BCUT2D eigenvalue weighted by molar-refractivity contribution is 0.116. The number of aromatic amines is 1. The summed E-state index contributed by atoms with van der Waals surface area (Å²) in [5.74, 6) is 0.669. The van der Waals surface area contributed by atoms with E-state index >= 15 is 0 Å². The molecule has 0 fully saturated rings. The Morgan fingerprint density at radius 1 is 1.22 bits per heavy atom. The van der Waals surface area contributed by atoms with Gasteiger partial charge in [-0.25, -0.2) is 4.98 Å². The van der Waals surface area contributed by atoms with Crippen molar-refractivity contribution in [1.82, 2.24) is 14.9 Å². The van der Waals surface area contributed by atoms with Crippen LogP contribution >= 0.6 is 11.3 Å². The summed E-state index contributed by atoms with van der Waals surface area (Å²) in [5, 5.41) is 10.7. The van der Waals surface area contributed by atoms with Gasteiger partial charge in [0.25, 0.3) is 5.56 Å². The first kappa shape index (κ1) is 18.3. The van der Waals surface area contributed by atoms with Crippen molar-refractivity contribution >= 4 is 21.6 Å². The second kappa shape index (κ2) is 7.92. The van der Waals surface area contributed by atoms with Crippen molar-refractivity contribution in [3.8, 4) is 0 Å². The first-order valence-electron chi connectivity index (χ1n) is 9.58. The van der Waals surface area contributed by atoms with Gasteiger partial charge in [-0.15, -0.1) is 11.3 Å². The number of aryl methyl sites for hydroxylation is 2. The summed E-state index contributed by atoms with van der Waals surface area (Å²) in [4.78, 5) is 24.8. The first-order chi connectivity index (χ1) is 13.1. The summed E-state index contributed by atoms with van der Waals surface area (Å²) in [5.41, 5.74) is 2.37. The van der Waals surface area contributed by atoms with E-state index in [1.807, 2.05) is 18.2 Å². The fraction of sp³-hybridized carbons (Fsp3) is 0.429. The molecule has 1 aromatic carbocycles. The van der Waals surface area contributed by atoms with Gasteiger partial charge in [0.05, 0.1) is 18.0 Å². The molecule has 2 N–H and O–H groups in total. The Morgan fingerprint density at radius 3 is 2.78 bits per heavy atom. The summed E-state index contributed by atoms with van der Waals surface area (Å²) >= 11 is 1.67. The fourth-order valence-electron chi connectivity index (χ4n) is 3.90. The number of nitrogens with one attached hydrogen (secondary N) is 1. The number of aromatic nitrogens is 2. The number of thiophene rings is 1. The van der Waals surface area contributed by atoms with Gasteiger partial charge in [-0.05, 0) is 43.7 Å². The number of fused-ring (bicyclic) bond motifs is 3. The zero-order valence-corrected chi connectivity index (χ0v) is 16.4. The maximum Gasteiger partial charge on any atom is 0.259 e. The Labute approximate surface area is 162 Å². The second-order valence-corrected chi connectivity index (χ2v) is 8.49. The van der Waals surface area contributed by atoms with Crippen molar-refractivity contribution in [2.24, 2.45) is 0 Å². The molecule has 1 unspecified atom stereocenters. The third-order valence-electron chi connectivity index (χ3n) is 5.02. The molecule has 0 radical (unpaired) electrons. The number of H-pyrrole nitrogens is 1. The molecule has 3 aromatic rings. The molecule has 1 atom stereocenters. The van der Waals surface area contributed by atoms with Crippen LogP contribution in [-0.4, -0.2) is 32.6 Å². The van der Waals surface area contributed by atoms with Gasteiger partial charge in [0, 0.05) is 18.0 Å². The van der Waals surface area contributed by atoms with Crippen LogP contribution in [0.2, 0.25) is 0 Å². The van der Waals surface area contributed by atoms with Crippen molar-refractivity contribution < 1.29 is 5.11 Å². The van der Waals surface area contributed by atoms with Gasteiger partial charge in [-0.3, -0.25) is 9.69 Å². The molecule has 6 heteroatoms. The summed E-state index contributed by atoms with van der Waals surface area (Å²) < 4.78 is 0. The molecule has 2 aromatic heterocycles. The average molecular weight is 384 g/mol. The first-order valence-corrected chi connectivity index (χ1v) is 10.4. The Kier molecular flexibility index (Phi) is 5.38. The van der Waals surface area contributed by atoms with E-state index in [2.05, 4.69) is 22.0 Å². The molecule has 27 heavy (non-hydrogen) atoms. The maximum absolute atomic E-state index is 12.7. The molecule has 0 amide bonds. The number of aliphatic hydroxyl groups is 1. The van der Waals surface area contributed by atoms with E-state index < -0.39 is 6.10 Å². The van der Waals surface area contributed by atoms with Crippen LogP contribution in [0.15, 0.2) is 35.1 Å². The van der Waals surface area contributed by atoms with E-state index in [1.54, 1.807) is 18.3 Å². The average Bonchev–Trinajstić information content (AvgIpc) is 3.00. The molecule has 142 valence electrons. The number of hydrogen-bond donors (Lipinski definition) is 2. The molecule has 4 rings (SSSR count). The van der Waals surface area contributed by atoms with Gasteiger partial charge < -0.3 is 10.1 Å². The monoisotopic (exact) mass is 383 g/mol. The van der Waals surface area contributed by atoms with Crippen LogP contribution in [0.5, 0.6) is 0 Å². The van der Waals surface area contributed by atoms with E-state index in [0.29, 0.717) is 25.5 Å². The third-order valence-corrected chi connectivity index (χ3v) is 6.20. The van der Waals surface area contributed by atoms with Crippen LogP contribution in [0, 0.1) is 0 Å². The van der Waals surface area contributed by atoms with Gasteiger partial charge in [0.15, 0.2) is 0 Å². The van der Waals surface area contributed by atoms with Crippen LogP contribution in [0.4, 0.5) is 0 Å². The van der Waals surface area contributed by atoms with Gasteiger partial charge in [0.1, 0.15) is 10.7 Å². The van der Waals surface area contributed by atoms with Gasteiger partial charge in [-0.2, -0.15) is 0 Å². The van der Waals surface area contributed by atoms with Gasteiger partial charge >= 0.3 is 0 Å². The van der Waals surface area contributed by atoms with E-state index in [9.17, 15) is 9.90 Å². The lowest BCUT2D eigenvalue weighted by Crippen LogP contribution is -2.31. The number of hydrogen-bond acceptors (Lipinski definition) is 5. The fourth-order valence-corrected chi connectivity index (χ4v) is 5.18. The number of rotatable bonds is 6. The zero-order chi connectivity index (χ0) is 18.8. The summed E-state index contributed by atoms with van der Waals surface area (Å²) in [6.07, 6.45) is 3.95. The van der Waals surface area contributed by atoms with Crippen LogP contribution in [0.25, 0.3) is 10.2 Å². The molecule has 0 aliphatic heterocycles. The van der Waals surface area contributed by atoms with Crippen LogP contribution < -0.4 is 5.56 Å². The van der Waals surface area contributed by atoms with E-state index in [0.717, 1.165) is 29.5 Å². The predicted molar refractivity (Wildman–Crippen MR) is 109 cm³/mol. The third kappa shape index (κ3) is 4.13. The Hall–Kier alpha value is -2.02. The Balaban J connectivity index is 1.62. The molecule has 0 saturated heterocycles. The van der Waals surface area contributed by atoms with Crippen molar-refractivity contribution in [3.63, 3.8) is 0 Å². The normalized spacial score (nSPS) is 15.2. The highest BCUT2D eigenvalue weighted by Crippen LogP contribution is 2.33. The van der Waals surface area contributed by atoms with Crippen LogP contribution in [0.3, 0.4) is 0 Å². The molecular weight excluding hydrogens is 358 g/mol. The minimum absolute atomic E-state index is 0.0221. The van der Waals surface area contributed by atoms with Crippen LogP contribution in [-0.2, 0) is 25.9 Å². The van der Waals surface area contributed by atoms with Gasteiger partial charge in [0.2, 0.25) is 0 Å². The molecular formula is C21H25N3O2S. The van der Waals surface area contributed by atoms with Gasteiger partial charge in [-0.1, -0.05) is 30.3 Å². The molecule has 5 nitrogen and oxygen atoms in total. The Bertz CT molecular complexity index is 978. The quantitative estimate of drug-likeness (QED) is 0.686. The SMILES string of the molecule is CC(O)CN(Cc1ccccc1)Cc1nc2sc3c(c2c(=O)[nH]1)CCCC3. The van der Waals surface area contributed by atoms with E-state index in [-0.39, 0.29) is 5.56 Å². The maximum atomic E-state index is 12.7. The largest absolute Gasteiger partial charge is 0.392 e. The minimum Gasteiger partial charge on any atom is -0.392 e.